The van der Waals surface area contributed by atoms with Gasteiger partial charge in [0.05, 0.1) is 5.38 Å². The first-order valence-corrected chi connectivity index (χ1v) is 8.97. The van der Waals surface area contributed by atoms with E-state index < -0.39 is 0 Å². The molecule has 0 radical (unpaired) electrons. The first kappa shape index (κ1) is 15.4. The second kappa shape index (κ2) is 6.73. The predicted octanol–water partition coefficient (Wildman–Crippen LogP) is 5.56. The van der Waals surface area contributed by atoms with Gasteiger partial charge in [0.1, 0.15) is 0 Å². The molecule has 1 aromatic heterocycles. The molecule has 0 fully saturated rings. The molecule has 3 rings (SSSR count). The second-order valence-electron chi connectivity index (χ2n) is 4.86. The average Bonchev–Trinajstić information content (AvgIpc) is 2.90. The molecule has 0 amide bonds. The Bertz CT molecular complexity index is 756. The number of halogens is 1. The number of hydrogen-bond donors (Lipinski definition) is 0. The first-order valence-electron chi connectivity index (χ1n) is 6.84. The highest BCUT2D eigenvalue weighted by atomic mass is 35.5. The summed E-state index contributed by atoms with van der Waals surface area (Å²) in [6.45, 7) is 2.11. The van der Waals surface area contributed by atoms with Crippen LogP contribution in [0.25, 0.3) is 11.3 Å². The van der Waals surface area contributed by atoms with Crippen molar-refractivity contribution < 1.29 is 4.73 Å². The van der Waals surface area contributed by atoms with Gasteiger partial charge in [0, 0.05) is 15.8 Å². The van der Waals surface area contributed by atoms with Crippen molar-refractivity contribution in [1.82, 2.24) is 0 Å². The van der Waals surface area contributed by atoms with E-state index in [2.05, 4.69) is 19.1 Å². The van der Waals surface area contributed by atoms with Crippen LogP contribution in [0.4, 0.5) is 0 Å². The lowest BCUT2D eigenvalue weighted by molar-refractivity contribution is -0.626. The third kappa shape index (κ3) is 3.29. The summed E-state index contributed by atoms with van der Waals surface area (Å²) in [7, 11) is 0. The molecule has 112 valence electrons. The van der Waals surface area contributed by atoms with Crippen LogP contribution in [-0.2, 0) is 0 Å². The molecule has 0 spiro atoms. The Balaban J connectivity index is 1.83. The van der Waals surface area contributed by atoms with Gasteiger partial charge in [0.2, 0.25) is 5.69 Å². The molecule has 0 N–H and O–H groups in total. The zero-order chi connectivity index (χ0) is 15.5. The van der Waals surface area contributed by atoms with Crippen LogP contribution in [0.15, 0.2) is 64.3 Å². The van der Waals surface area contributed by atoms with E-state index in [0.29, 0.717) is 10.7 Å². The maximum absolute atomic E-state index is 12.5. The molecule has 0 saturated carbocycles. The Morgan fingerprint density at radius 1 is 1.09 bits per heavy atom. The first-order chi connectivity index (χ1) is 10.6. The molecule has 0 aliphatic carbocycles. The van der Waals surface area contributed by atoms with Crippen molar-refractivity contribution in [3.63, 3.8) is 0 Å². The molecular formula is C17H14ClNOS2. The van der Waals surface area contributed by atoms with Gasteiger partial charge in [0.25, 0.3) is 0 Å². The van der Waals surface area contributed by atoms with Gasteiger partial charge >= 0.3 is 4.34 Å². The standard InChI is InChI=1S/C17H14ClNOS2/c1-12(13-5-3-2-4-6-13)22-17-19(20)16(11-21-17)14-7-9-15(18)10-8-14/h2-12H,1H3. The van der Waals surface area contributed by atoms with Crippen LogP contribution in [0.2, 0.25) is 5.02 Å². The van der Waals surface area contributed by atoms with Gasteiger partial charge in [-0.1, -0.05) is 53.3 Å². The van der Waals surface area contributed by atoms with Crippen molar-refractivity contribution in [3.8, 4) is 11.3 Å². The van der Waals surface area contributed by atoms with Gasteiger partial charge in [0.15, 0.2) is 0 Å². The van der Waals surface area contributed by atoms with E-state index in [4.69, 9.17) is 11.6 Å². The summed E-state index contributed by atoms with van der Waals surface area (Å²) >= 11 is 8.96. The Morgan fingerprint density at radius 3 is 2.45 bits per heavy atom. The van der Waals surface area contributed by atoms with E-state index in [1.807, 2.05) is 35.7 Å². The Kier molecular flexibility index (Phi) is 4.71. The normalized spacial score (nSPS) is 12.3. The van der Waals surface area contributed by atoms with Gasteiger partial charge in [-0.25, -0.2) is 0 Å². The Labute approximate surface area is 143 Å². The second-order valence-corrected chi connectivity index (χ2v) is 7.74. The van der Waals surface area contributed by atoms with Crippen LogP contribution in [-0.4, -0.2) is 0 Å². The molecule has 0 saturated heterocycles. The minimum absolute atomic E-state index is 0.234. The maximum atomic E-state index is 12.5. The van der Waals surface area contributed by atoms with E-state index in [0.717, 1.165) is 14.6 Å². The van der Waals surface area contributed by atoms with Gasteiger partial charge in [-0.2, -0.15) is 0 Å². The van der Waals surface area contributed by atoms with Crippen LogP contribution >= 0.6 is 34.7 Å². The summed E-state index contributed by atoms with van der Waals surface area (Å²) in [6, 6.07) is 17.5. The largest absolute Gasteiger partial charge is 0.617 e. The smallest absolute Gasteiger partial charge is 0.309 e. The lowest BCUT2D eigenvalue weighted by Gasteiger charge is -2.09. The van der Waals surface area contributed by atoms with E-state index in [1.165, 1.54) is 16.9 Å². The van der Waals surface area contributed by atoms with Crippen molar-refractivity contribution >= 4 is 34.7 Å². The Hall–Kier alpha value is -1.49. The summed E-state index contributed by atoms with van der Waals surface area (Å²) in [5.41, 5.74) is 2.77. The molecule has 1 heterocycles. The number of nitrogens with zero attached hydrogens (tertiary/aromatic N) is 1. The van der Waals surface area contributed by atoms with Gasteiger partial charge < -0.3 is 5.21 Å². The van der Waals surface area contributed by atoms with Crippen molar-refractivity contribution in [3.05, 3.63) is 75.8 Å². The number of rotatable bonds is 4. The zero-order valence-corrected chi connectivity index (χ0v) is 14.3. The third-order valence-corrected chi connectivity index (χ3v) is 5.87. The molecule has 3 aromatic rings. The van der Waals surface area contributed by atoms with Crippen molar-refractivity contribution in [2.24, 2.45) is 0 Å². The molecule has 22 heavy (non-hydrogen) atoms. The summed E-state index contributed by atoms with van der Waals surface area (Å²) < 4.78 is 1.76. The predicted molar refractivity (Wildman–Crippen MR) is 94.4 cm³/mol. The SMILES string of the molecule is CC(Sc1scc(-c2ccc(Cl)cc2)[n+]1[O-])c1ccccc1. The minimum atomic E-state index is 0.234. The average molecular weight is 348 g/mol. The van der Waals surface area contributed by atoms with Crippen molar-refractivity contribution in [2.75, 3.05) is 0 Å². The molecule has 2 aromatic carbocycles. The third-order valence-electron chi connectivity index (χ3n) is 3.34. The molecule has 1 atom stereocenters. The molecule has 1 unspecified atom stereocenters. The molecule has 5 heteroatoms. The van der Waals surface area contributed by atoms with E-state index >= 15 is 0 Å². The number of thioether (sulfide) groups is 1. The minimum Gasteiger partial charge on any atom is -0.617 e. The van der Waals surface area contributed by atoms with Crippen LogP contribution in [0.5, 0.6) is 0 Å². The molecular weight excluding hydrogens is 334 g/mol. The van der Waals surface area contributed by atoms with E-state index in [9.17, 15) is 5.21 Å². The molecule has 0 aliphatic rings. The maximum Gasteiger partial charge on any atom is 0.309 e. The topological polar surface area (TPSA) is 26.9 Å². The van der Waals surface area contributed by atoms with Crippen LogP contribution in [0.3, 0.4) is 0 Å². The fraction of sp³-hybridized carbons (Fsp3) is 0.118. The summed E-state index contributed by atoms with van der Waals surface area (Å²) in [5.74, 6) is 0. The van der Waals surface area contributed by atoms with Gasteiger partial charge in [-0.05, 0) is 48.5 Å². The number of aromatic nitrogens is 1. The fourth-order valence-corrected chi connectivity index (χ4v) is 4.48. The highest BCUT2D eigenvalue weighted by molar-refractivity contribution is 8.01. The Morgan fingerprint density at radius 2 is 1.77 bits per heavy atom. The lowest BCUT2D eigenvalue weighted by Crippen LogP contribution is -2.28. The van der Waals surface area contributed by atoms with E-state index in [-0.39, 0.29) is 5.25 Å². The van der Waals surface area contributed by atoms with Crippen molar-refractivity contribution in [2.45, 2.75) is 16.5 Å². The fourth-order valence-electron chi connectivity index (χ4n) is 2.13. The highest BCUT2D eigenvalue weighted by Crippen LogP contribution is 2.36. The molecule has 0 bridgehead atoms. The van der Waals surface area contributed by atoms with Crippen LogP contribution < -0.4 is 4.73 Å². The quantitative estimate of drug-likeness (QED) is 0.351. The number of benzene rings is 2. The number of thiazole rings is 1. The monoisotopic (exact) mass is 347 g/mol. The zero-order valence-electron chi connectivity index (χ0n) is 11.9. The highest BCUT2D eigenvalue weighted by Gasteiger charge is 2.20. The van der Waals surface area contributed by atoms with Crippen LogP contribution in [0, 0.1) is 5.21 Å². The molecule has 2 nitrogen and oxygen atoms in total. The van der Waals surface area contributed by atoms with Gasteiger partial charge in [-0.3, -0.25) is 0 Å². The van der Waals surface area contributed by atoms with Gasteiger partial charge in [-0.15, -0.1) is 4.73 Å². The van der Waals surface area contributed by atoms with Crippen LogP contribution in [0.1, 0.15) is 17.7 Å². The lowest BCUT2D eigenvalue weighted by atomic mass is 10.2. The van der Waals surface area contributed by atoms with Crippen molar-refractivity contribution in [1.29, 1.82) is 0 Å². The van der Waals surface area contributed by atoms with E-state index in [1.54, 1.807) is 23.9 Å². The summed E-state index contributed by atoms with van der Waals surface area (Å²) in [4.78, 5) is 0. The summed E-state index contributed by atoms with van der Waals surface area (Å²) in [6.07, 6.45) is 0. The summed E-state index contributed by atoms with van der Waals surface area (Å²) in [5, 5.41) is 15.3. The molecule has 0 aliphatic heterocycles. The number of hydrogen-bond acceptors (Lipinski definition) is 3.